The van der Waals surface area contributed by atoms with Crippen molar-refractivity contribution in [2.45, 2.75) is 0 Å². The van der Waals surface area contributed by atoms with E-state index < -0.39 is 21.2 Å². The third-order valence-electron chi connectivity index (χ3n) is 2.18. The molecule has 0 spiro atoms. The first-order valence-corrected chi connectivity index (χ1v) is 4.53. The van der Waals surface area contributed by atoms with E-state index >= 15 is 0 Å². The molecular formula is C8H7N3O6. The Bertz CT molecular complexity index is 514. The van der Waals surface area contributed by atoms with Gasteiger partial charge < -0.3 is 15.2 Å². The zero-order chi connectivity index (χ0) is 12.6. The number of nitrogens with zero attached hydrogens (tertiary/aromatic N) is 2. The van der Waals surface area contributed by atoms with Crippen LogP contribution in [0, 0.1) is 20.2 Å². The molecule has 0 radical (unpaired) electrons. The second-order valence-electron chi connectivity index (χ2n) is 3.20. The highest BCUT2D eigenvalue weighted by Crippen LogP contribution is 2.48. The second-order valence-corrected chi connectivity index (χ2v) is 3.20. The SMILES string of the molecule is Nc1cc2c(c([N+](=O)[O-])c1[N+](=O)[O-])OCCO2. The molecule has 0 fully saturated rings. The Morgan fingerprint density at radius 2 is 1.71 bits per heavy atom. The molecule has 1 aliphatic heterocycles. The van der Waals surface area contributed by atoms with Crippen LogP contribution in [0.2, 0.25) is 0 Å². The van der Waals surface area contributed by atoms with Crippen molar-refractivity contribution in [2.75, 3.05) is 18.9 Å². The van der Waals surface area contributed by atoms with Crippen LogP contribution in [0.25, 0.3) is 0 Å². The van der Waals surface area contributed by atoms with Crippen molar-refractivity contribution in [3.63, 3.8) is 0 Å². The number of benzene rings is 1. The van der Waals surface area contributed by atoms with Gasteiger partial charge in [-0.25, -0.2) is 0 Å². The molecule has 9 heteroatoms. The highest BCUT2D eigenvalue weighted by atomic mass is 16.6. The summed E-state index contributed by atoms with van der Waals surface area (Å²) in [6, 6.07) is 1.15. The number of nitro benzene ring substituents is 2. The molecule has 1 aromatic carbocycles. The first kappa shape index (κ1) is 10.9. The van der Waals surface area contributed by atoms with Crippen molar-refractivity contribution < 1.29 is 19.3 Å². The Hall–Kier alpha value is -2.58. The van der Waals surface area contributed by atoms with Crippen LogP contribution in [0.15, 0.2) is 6.07 Å². The number of anilines is 1. The van der Waals surface area contributed by atoms with Crippen LogP contribution >= 0.6 is 0 Å². The maximum Gasteiger partial charge on any atom is 0.393 e. The van der Waals surface area contributed by atoms with Gasteiger partial charge in [-0.3, -0.25) is 20.2 Å². The number of hydrogen-bond donors (Lipinski definition) is 1. The summed E-state index contributed by atoms with van der Waals surface area (Å²) in [7, 11) is 0. The van der Waals surface area contributed by atoms with Crippen LogP contribution < -0.4 is 15.2 Å². The fourth-order valence-electron chi connectivity index (χ4n) is 1.54. The summed E-state index contributed by atoms with van der Waals surface area (Å²) in [5, 5.41) is 21.6. The minimum Gasteiger partial charge on any atom is -0.486 e. The molecule has 0 saturated heterocycles. The maximum absolute atomic E-state index is 10.9. The number of nitrogens with two attached hydrogens (primary N) is 1. The van der Waals surface area contributed by atoms with Gasteiger partial charge >= 0.3 is 11.4 Å². The quantitative estimate of drug-likeness (QED) is 0.461. The summed E-state index contributed by atoms with van der Waals surface area (Å²) < 4.78 is 10.1. The van der Waals surface area contributed by atoms with Crippen LogP contribution in [0.1, 0.15) is 0 Å². The van der Waals surface area contributed by atoms with E-state index in [1.807, 2.05) is 0 Å². The summed E-state index contributed by atoms with van der Waals surface area (Å²) in [5.41, 5.74) is 3.52. The Kier molecular flexibility index (Phi) is 2.42. The van der Waals surface area contributed by atoms with Gasteiger partial charge in [-0.05, 0) is 0 Å². The normalized spacial score (nSPS) is 13.2. The largest absolute Gasteiger partial charge is 0.486 e. The maximum atomic E-state index is 10.9. The molecule has 1 heterocycles. The van der Waals surface area contributed by atoms with E-state index in [1.54, 1.807) is 0 Å². The van der Waals surface area contributed by atoms with Crippen LogP contribution in [0.4, 0.5) is 17.1 Å². The molecule has 0 aromatic heterocycles. The average Bonchev–Trinajstić information content (AvgIpc) is 2.26. The zero-order valence-electron chi connectivity index (χ0n) is 8.41. The molecule has 0 bridgehead atoms. The molecule has 0 atom stereocenters. The van der Waals surface area contributed by atoms with E-state index in [9.17, 15) is 20.2 Å². The number of ether oxygens (including phenoxy) is 2. The van der Waals surface area contributed by atoms with Gasteiger partial charge in [-0.2, -0.15) is 0 Å². The Morgan fingerprint density at radius 3 is 2.29 bits per heavy atom. The summed E-state index contributed by atoms with van der Waals surface area (Å²) in [5.74, 6) is -0.201. The van der Waals surface area contributed by atoms with E-state index in [0.717, 1.165) is 6.07 Å². The number of hydrogen-bond acceptors (Lipinski definition) is 7. The van der Waals surface area contributed by atoms with Crippen molar-refractivity contribution in [2.24, 2.45) is 0 Å². The molecular weight excluding hydrogens is 234 g/mol. The van der Waals surface area contributed by atoms with Crippen molar-refractivity contribution in [1.29, 1.82) is 0 Å². The average molecular weight is 241 g/mol. The third-order valence-corrected chi connectivity index (χ3v) is 2.18. The van der Waals surface area contributed by atoms with Crippen LogP contribution in [0.3, 0.4) is 0 Å². The molecule has 9 nitrogen and oxygen atoms in total. The molecule has 1 aromatic rings. The van der Waals surface area contributed by atoms with Crippen LogP contribution in [-0.2, 0) is 0 Å². The Labute approximate surface area is 94.0 Å². The number of fused-ring (bicyclic) bond motifs is 1. The Balaban J connectivity index is 2.76. The summed E-state index contributed by atoms with van der Waals surface area (Å²) in [6.45, 7) is 0.302. The fraction of sp³-hybridized carbons (Fsp3) is 0.250. The molecule has 2 N–H and O–H groups in total. The van der Waals surface area contributed by atoms with Gasteiger partial charge in [0.1, 0.15) is 18.9 Å². The third kappa shape index (κ3) is 1.67. The van der Waals surface area contributed by atoms with Crippen LogP contribution in [0.5, 0.6) is 11.5 Å². The molecule has 0 aliphatic carbocycles. The molecule has 17 heavy (non-hydrogen) atoms. The first-order valence-electron chi connectivity index (χ1n) is 4.53. The molecule has 0 saturated carbocycles. The number of nitrogen functional groups attached to an aromatic ring is 1. The Morgan fingerprint density at radius 1 is 1.12 bits per heavy atom. The second kappa shape index (κ2) is 3.77. The molecule has 90 valence electrons. The minimum atomic E-state index is -0.911. The monoisotopic (exact) mass is 241 g/mol. The van der Waals surface area contributed by atoms with E-state index in [4.69, 9.17) is 15.2 Å². The van der Waals surface area contributed by atoms with Gasteiger partial charge in [0.25, 0.3) is 0 Å². The summed E-state index contributed by atoms with van der Waals surface area (Å²) >= 11 is 0. The lowest BCUT2D eigenvalue weighted by molar-refractivity contribution is -0.422. The van der Waals surface area contributed by atoms with Gasteiger partial charge in [0.15, 0.2) is 5.75 Å². The van der Waals surface area contributed by atoms with E-state index in [0.29, 0.717) is 0 Å². The highest BCUT2D eigenvalue weighted by molar-refractivity contribution is 5.79. The predicted octanol–water partition coefficient (Wildman–Crippen LogP) is 0.856. The van der Waals surface area contributed by atoms with Gasteiger partial charge in [0, 0.05) is 6.07 Å². The van der Waals surface area contributed by atoms with Crippen molar-refractivity contribution >= 4 is 17.1 Å². The zero-order valence-corrected chi connectivity index (χ0v) is 8.41. The topological polar surface area (TPSA) is 131 Å². The molecule has 0 amide bonds. The van der Waals surface area contributed by atoms with Crippen LogP contribution in [-0.4, -0.2) is 23.1 Å². The summed E-state index contributed by atoms with van der Waals surface area (Å²) in [4.78, 5) is 19.8. The first-order chi connectivity index (χ1) is 8.02. The predicted molar refractivity (Wildman–Crippen MR) is 55.2 cm³/mol. The van der Waals surface area contributed by atoms with E-state index in [2.05, 4.69) is 0 Å². The standard InChI is InChI=1S/C8H7N3O6/c9-4-3-5-8(17-2-1-16-5)7(11(14)15)6(4)10(12)13/h3H,1-2,9H2. The lowest BCUT2D eigenvalue weighted by Crippen LogP contribution is -2.17. The van der Waals surface area contributed by atoms with E-state index in [1.165, 1.54) is 0 Å². The van der Waals surface area contributed by atoms with Gasteiger partial charge in [0.05, 0.1) is 9.85 Å². The van der Waals surface area contributed by atoms with Crippen molar-refractivity contribution in [1.82, 2.24) is 0 Å². The highest BCUT2D eigenvalue weighted by Gasteiger charge is 2.37. The van der Waals surface area contributed by atoms with Gasteiger partial charge in [0.2, 0.25) is 5.75 Å². The number of nitro groups is 2. The summed E-state index contributed by atoms with van der Waals surface area (Å²) in [6.07, 6.45) is 0. The number of rotatable bonds is 2. The lowest BCUT2D eigenvalue weighted by atomic mass is 10.2. The molecule has 0 unspecified atom stereocenters. The van der Waals surface area contributed by atoms with E-state index in [-0.39, 0.29) is 30.4 Å². The van der Waals surface area contributed by atoms with Gasteiger partial charge in [-0.1, -0.05) is 0 Å². The minimum absolute atomic E-state index is 0.0473. The fourth-order valence-corrected chi connectivity index (χ4v) is 1.54. The van der Waals surface area contributed by atoms with Crippen molar-refractivity contribution in [3.8, 4) is 11.5 Å². The molecule has 2 rings (SSSR count). The van der Waals surface area contributed by atoms with Crippen molar-refractivity contribution in [3.05, 3.63) is 26.3 Å². The molecule has 1 aliphatic rings. The van der Waals surface area contributed by atoms with Gasteiger partial charge in [-0.15, -0.1) is 0 Å². The lowest BCUT2D eigenvalue weighted by Gasteiger charge is -2.18. The smallest absolute Gasteiger partial charge is 0.393 e.